The first-order valence-electron chi connectivity index (χ1n) is 7.50. The average molecular weight is 303 g/mol. The molecule has 1 atom stereocenters. The van der Waals surface area contributed by atoms with Crippen LogP contribution in [0.25, 0.3) is 11.0 Å². The lowest BCUT2D eigenvalue weighted by atomic mass is 9.87. The zero-order chi connectivity index (χ0) is 15.4. The molecule has 5 rings (SSSR count). The predicted molar refractivity (Wildman–Crippen MR) is 87.3 cm³/mol. The first kappa shape index (κ1) is 12.5. The normalized spacial score (nSPS) is 22.1. The van der Waals surface area contributed by atoms with Gasteiger partial charge in [-0.25, -0.2) is 0 Å². The van der Waals surface area contributed by atoms with Crippen LogP contribution in [0.4, 0.5) is 5.69 Å². The van der Waals surface area contributed by atoms with Crippen LogP contribution in [0.1, 0.15) is 17.7 Å². The van der Waals surface area contributed by atoms with E-state index in [9.17, 15) is 4.79 Å². The van der Waals surface area contributed by atoms with Crippen molar-refractivity contribution in [1.82, 2.24) is 5.43 Å². The van der Waals surface area contributed by atoms with E-state index in [0.29, 0.717) is 12.2 Å². The summed E-state index contributed by atoms with van der Waals surface area (Å²) >= 11 is 0. The van der Waals surface area contributed by atoms with Gasteiger partial charge in [0.05, 0.1) is 0 Å². The van der Waals surface area contributed by atoms with Crippen molar-refractivity contribution >= 4 is 28.3 Å². The Hall–Kier alpha value is -3.08. The number of furan rings is 1. The van der Waals surface area contributed by atoms with Gasteiger partial charge in [0.2, 0.25) is 0 Å². The predicted octanol–water partition coefficient (Wildman–Crippen LogP) is 2.98. The van der Waals surface area contributed by atoms with Gasteiger partial charge >= 0.3 is 0 Å². The average Bonchev–Trinajstić information content (AvgIpc) is 3.26. The molecule has 0 radical (unpaired) electrons. The van der Waals surface area contributed by atoms with Gasteiger partial charge in [-0.3, -0.25) is 10.2 Å². The van der Waals surface area contributed by atoms with Crippen molar-refractivity contribution in [2.24, 2.45) is 5.10 Å². The summed E-state index contributed by atoms with van der Waals surface area (Å²) in [6, 6.07) is 17.5. The Kier molecular flexibility index (Phi) is 2.29. The highest BCUT2D eigenvalue weighted by Gasteiger charge is 2.51. The van der Waals surface area contributed by atoms with E-state index < -0.39 is 5.54 Å². The number of anilines is 1. The minimum Gasteiger partial charge on any atom is -0.455 e. The van der Waals surface area contributed by atoms with Crippen LogP contribution in [0, 0.1) is 0 Å². The fourth-order valence-electron chi connectivity index (χ4n) is 3.36. The van der Waals surface area contributed by atoms with Crippen LogP contribution in [0.15, 0.2) is 64.1 Å². The van der Waals surface area contributed by atoms with Gasteiger partial charge in [-0.1, -0.05) is 36.4 Å². The monoisotopic (exact) mass is 303 g/mol. The third kappa shape index (κ3) is 1.61. The molecular formula is C18H13N3O2. The van der Waals surface area contributed by atoms with Gasteiger partial charge in [0.25, 0.3) is 5.91 Å². The van der Waals surface area contributed by atoms with E-state index in [4.69, 9.17) is 4.42 Å². The maximum Gasteiger partial charge on any atom is 0.256 e. The van der Waals surface area contributed by atoms with E-state index in [1.165, 1.54) is 0 Å². The highest BCUT2D eigenvalue weighted by Crippen LogP contribution is 2.41. The summed E-state index contributed by atoms with van der Waals surface area (Å²) in [6.45, 7) is 0. The highest BCUT2D eigenvalue weighted by atomic mass is 16.3. The van der Waals surface area contributed by atoms with Crippen molar-refractivity contribution in [3.63, 3.8) is 0 Å². The number of carbonyl (C=O) groups excluding carboxylic acids is 1. The molecule has 1 spiro atoms. The van der Waals surface area contributed by atoms with Crippen LogP contribution in [0.2, 0.25) is 0 Å². The SMILES string of the molecule is O=C1Nc2ccccc2C12CC(c1cc3ccccc3o1)=NN2. The Labute approximate surface area is 132 Å². The Balaban J connectivity index is 1.56. The molecule has 1 aromatic heterocycles. The van der Waals surface area contributed by atoms with Gasteiger partial charge in [0.15, 0.2) is 11.3 Å². The standard InChI is InChI=1S/C18H13N3O2/c22-17-18(12-6-2-3-7-13(12)19-17)10-14(20-21-18)16-9-11-5-1-4-8-15(11)23-16/h1-9,21H,10H2,(H,19,22). The summed E-state index contributed by atoms with van der Waals surface area (Å²) in [5.74, 6) is 0.626. The van der Waals surface area contributed by atoms with Crippen LogP contribution in [-0.2, 0) is 10.3 Å². The summed E-state index contributed by atoms with van der Waals surface area (Å²) in [7, 11) is 0. The number of para-hydroxylation sites is 2. The lowest BCUT2D eigenvalue weighted by Crippen LogP contribution is -2.42. The number of hydrogen-bond acceptors (Lipinski definition) is 4. The molecule has 2 aliphatic heterocycles. The van der Waals surface area contributed by atoms with E-state index >= 15 is 0 Å². The molecule has 0 bridgehead atoms. The molecule has 0 aliphatic carbocycles. The fraction of sp³-hybridized carbons (Fsp3) is 0.111. The molecule has 112 valence electrons. The van der Waals surface area contributed by atoms with Crippen molar-refractivity contribution < 1.29 is 9.21 Å². The number of nitrogens with zero attached hydrogens (tertiary/aromatic N) is 1. The quantitative estimate of drug-likeness (QED) is 0.726. The maximum atomic E-state index is 12.5. The molecule has 3 aromatic rings. The van der Waals surface area contributed by atoms with E-state index in [1.54, 1.807) is 0 Å². The van der Waals surface area contributed by atoms with Crippen LogP contribution in [0.3, 0.4) is 0 Å². The second kappa shape index (κ2) is 4.23. The first-order valence-corrected chi connectivity index (χ1v) is 7.50. The van der Waals surface area contributed by atoms with Gasteiger partial charge in [0, 0.05) is 23.1 Å². The summed E-state index contributed by atoms with van der Waals surface area (Å²) in [5, 5.41) is 8.35. The zero-order valence-electron chi connectivity index (χ0n) is 12.2. The molecule has 0 saturated heterocycles. The number of rotatable bonds is 1. The Morgan fingerprint density at radius 3 is 2.83 bits per heavy atom. The minimum absolute atomic E-state index is 0.0754. The molecule has 0 saturated carbocycles. The molecule has 23 heavy (non-hydrogen) atoms. The lowest BCUT2D eigenvalue weighted by Gasteiger charge is -2.20. The van der Waals surface area contributed by atoms with Crippen molar-refractivity contribution in [1.29, 1.82) is 0 Å². The van der Waals surface area contributed by atoms with Crippen molar-refractivity contribution in [2.75, 3.05) is 5.32 Å². The molecule has 3 heterocycles. The molecule has 2 aromatic carbocycles. The number of hydrazone groups is 1. The molecule has 2 N–H and O–H groups in total. The lowest BCUT2D eigenvalue weighted by molar-refractivity contribution is -0.121. The third-order valence-corrected chi connectivity index (χ3v) is 4.55. The van der Waals surface area contributed by atoms with Crippen LogP contribution in [0.5, 0.6) is 0 Å². The summed E-state index contributed by atoms with van der Waals surface area (Å²) in [6.07, 6.45) is 0.468. The van der Waals surface area contributed by atoms with Crippen LogP contribution >= 0.6 is 0 Å². The zero-order valence-corrected chi connectivity index (χ0v) is 12.2. The number of carbonyl (C=O) groups is 1. The van der Waals surface area contributed by atoms with E-state index in [2.05, 4.69) is 15.8 Å². The largest absolute Gasteiger partial charge is 0.455 e. The topological polar surface area (TPSA) is 66.6 Å². The molecule has 5 heteroatoms. The van der Waals surface area contributed by atoms with Crippen LogP contribution in [-0.4, -0.2) is 11.6 Å². The summed E-state index contributed by atoms with van der Waals surface area (Å²) in [5.41, 5.74) is 5.57. The van der Waals surface area contributed by atoms with Gasteiger partial charge in [-0.15, -0.1) is 0 Å². The van der Waals surface area contributed by atoms with Gasteiger partial charge in [-0.05, 0) is 18.2 Å². The number of nitrogens with one attached hydrogen (secondary N) is 2. The summed E-state index contributed by atoms with van der Waals surface area (Å²) in [4.78, 5) is 12.5. The van der Waals surface area contributed by atoms with E-state index in [1.807, 2.05) is 54.6 Å². The Morgan fingerprint density at radius 1 is 1.09 bits per heavy atom. The van der Waals surface area contributed by atoms with E-state index in [0.717, 1.165) is 27.9 Å². The number of fused-ring (bicyclic) bond motifs is 3. The third-order valence-electron chi connectivity index (χ3n) is 4.55. The molecular weight excluding hydrogens is 290 g/mol. The smallest absolute Gasteiger partial charge is 0.256 e. The van der Waals surface area contributed by atoms with Crippen molar-refractivity contribution in [3.05, 3.63) is 65.9 Å². The second-order valence-corrected chi connectivity index (χ2v) is 5.90. The van der Waals surface area contributed by atoms with Crippen LogP contribution < -0.4 is 10.7 Å². The number of hydrogen-bond donors (Lipinski definition) is 2. The highest BCUT2D eigenvalue weighted by molar-refractivity contribution is 6.13. The molecule has 0 fully saturated rings. The number of amides is 1. The second-order valence-electron chi connectivity index (χ2n) is 5.90. The fourth-order valence-corrected chi connectivity index (χ4v) is 3.36. The first-order chi connectivity index (χ1) is 11.3. The Morgan fingerprint density at radius 2 is 1.91 bits per heavy atom. The van der Waals surface area contributed by atoms with Gasteiger partial charge in [0.1, 0.15) is 11.3 Å². The van der Waals surface area contributed by atoms with Gasteiger partial charge in [-0.2, -0.15) is 5.10 Å². The molecule has 1 unspecified atom stereocenters. The van der Waals surface area contributed by atoms with E-state index in [-0.39, 0.29) is 5.91 Å². The summed E-state index contributed by atoms with van der Waals surface area (Å²) < 4.78 is 5.88. The molecule has 1 amide bonds. The van der Waals surface area contributed by atoms with Crippen molar-refractivity contribution in [2.45, 2.75) is 12.0 Å². The molecule has 2 aliphatic rings. The Bertz CT molecular complexity index is 956. The number of benzene rings is 2. The maximum absolute atomic E-state index is 12.5. The van der Waals surface area contributed by atoms with Gasteiger partial charge < -0.3 is 9.73 Å². The van der Waals surface area contributed by atoms with Crippen molar-refractivity contribution in [3.8, 4) is 0 Å². The molecule has 5 nitrogen and oxygen atoms in total. The minimum atomic E-state index is -0.828.